The van der Waals surface area contributed by atoms with Crippen molar-refractivity contribution in [1.29, 1.82) is 0 Å². The first kappa shape index (κ1) is 25.1. The predicted octanol–water partition coefficient (Wildman–Crippen LogP) is 5.72. The quantitative estimate of drug-likeness (QED) is 0.520. The maximum atomic E-state index is 12.8. The van der Waals surface area contributed by atoms with Crippen LogP contribution >= 0.6 is 11.3 Å². The zero-order valence-corrected chi connectivity index (χ0v) is 19.8. The highest BCUT2D eigenvalue weighted by Crippen LogP contribution is 2.34. The second kappa shape index (κ2) is 9.96. The summed E-state index contributed by atoms with van der Waals surface area (Å²) in [6.45, 7) is 9.98. The Morgan fingerprint density at radius 1 is 1.23 bits per heavy atom. The lowest BCUT2D eigenvalue weighted by Crippen LogP contribution is -2.14. The number of carbonyl (C=O) groups is 1. The lowest BCUT2D eigenvalue weighted by molar-refractivity contribution is -0.117. The molecule has 1 heterocycles. The van der Waals surface area contributed by atoms with Crippen molar-refractivity contribution >= 4 is 23.5 Å². The number of halogens is 2. The first-order chi connectivity index (χ1) is 14.3. The summed E-state index contributed by atoms with van der Waals surface area (Å²) < 4.78 is 30.1. The molecule has 0 saturated carbocycles. The van der Waals surface area contributed by atoms with Gasteiger partial charge in [-0.2, -0.15) is 8.78 Å². The molecule has 0 fully saturated rings. The van der Waals surface area contributed by atoms with Gasteiger partial charge in [-0.05, 0) is 61.4 Å². The molecule has 1 aromatic heterocycles. The van der Waals surface area contributed by atoms with E-state index in [1.165, 1.54) is 17.6 Å². The molecule has 31 heavy (non-hydrogen) atoms. The molecule has 0 atom stereocenters. The Balaban J connectivity index is 2.35. The predicted molar refractivity (Wildman–Crippen MR) is 120 cm³/mol. The van der Waals surface area contributed by atoms with Gasteiger partial charge in [-0.25, -0.2) is 9.98 Å². The van der Waals surface area contributed by atoms with Gasteiger partial charge in [0.2, 0.25) is 5.91 Å². The summed E-state index contributed by atoms with van der Waals surface area (Å²) in [4.78, 5) is 21.8. The monoisotopic (exact) mass is 452 g/mol. The molecule has 0 aliphatic rings. The molecule has 170 valence electrons. The highest BCUT2D eigenvalue weighted by Gasteiger charge is 2.22. The summed E-state index contributed by atoms with van der Waals surface area (Å²) in [5.74, 6) is -0.211. The average molecular weight is 453 g/mol. The summed E-state index contributed by atoms with van der Waals surface area (Å²) in [5.41, 5.74) is 2.02. The number of benzene rings is 1. The normalized spacial score (nSPS) is 12.5. The highest BCUT2D eigenvalue weighted by molar-refractivity contribution is 7.13. The van der Waals surface area contributed by atoms with Crippen LogP contribution in [0.2, 0.25) is 0 Å². The standard InChI is InChI=1S/C23H30F2N2O3S/c1-12(2)16-8-15(30-22(24)25)9-17(13(3)4)18(16)10-20(28)26-11-19-14(5)27-21(31-19)23(6,7)29/h8-9,11-13,22,29H,10H2,1-7H3. The summed E-state index contributed by atoms with van der Waals surface area (Å²) in [6.07, 6.45) is 1.53. The van der Waals surface area contributed by atoms with E-state index in [1.54, 1.807) is 32.9 Å². The van der Waals surface area contributed by atoms with Gasteiger partial charge in [0.15, 0.2) is 0 Å². The van der Waals surface area contributed by atoms with Crippen molar-refractivity contribution in [2.75, 3.05) is 0 Å². The van der Waals surface area contributed by atoms with E-state index in [2.05, 4.69) is 14.7 Å². The smallest absolute Gasteiger partial charge is 0.387 e. The summed E-state index contributed by atoms with van der Waals surface area (Å²) >= 11 is 1.29. The van der Waals surface area contributed by atoms with Gasteiger partial charge in [0.25, 0.3) is 0 Å². The molecule has 0 bridgehead atoms. The van der Waals surface area contributed by atoms with Gasteiger partial charge in [0, 0.05) is 6.21 Å². The van der Waals surface area contributed by atoms with Gasteiger partial charge in [-0.15, -0.1) is 11.3 Å². The zero-order chi connectivity index (χ0) is 23.5. The molecule has 2 aromatic rings. The molecule has 0 aliphatic heterocycles. The lowest BCUT2D eigenvalue weighted by Gasteiger charge is -2.21. The van der Waals surface area contributed by atoms with Crippen LogP contribution in [0.15, 0.2) is 17.1 Å². The molecular weight excluding hydrogens is 422 g/mol. The number of carbonyl (C=O) groups excluding carboxylic acids is 1. The van der Waals surface area contributed by atoms with E-state index in [1.807, 2.05) is 27.7 Å². The number of aromatic nitrogens is 1. The molecule has 5 nitrogen and oxygen atoms in total. The van der Waals surface area contributed by atoms with Crippen LogP contribution in [0.1, 0.15) is 85.6 Å². The van der Waals surface area contributed by atoms with Crippen LogP contribution in [0.5, 0.6) is 5.75 Å². The number of amides is 1. The second-order valence-electron chi connectivity index (χ2n) is 8.62. The van der Waals surface area contributed by atoms with E-state index in [0.717, 1.165) is 16.7 Å². The largest absolute Gasteiger partial charge is 0.435 e. The number of thiazole rings is 1. The minimum Gasteiger partial charge on any atom is -0.435 e. The van der Waals surface area contributed by atoms with Crippen LogP contribution in [-0.4, -0.2) is 28.8 Å². The van der Waals surface area contributed by atoms with E-state index in [4.69, 9.17) is 0 Å². The van der Waals surface area contributed by atoms with E-state index in [9.17, 15) is 18.7 Å². The molecule has 0 radical (unpaired) electrons. The van der Waals surface area contributed by atoms with Gasteiger partial charge >= 0.3 is 6.61 Å². The average Bonchev–Trinajstić information content (AvgIpc) is 3.01. The fourth-order valence-corrected chi connectivity index (χ4v) is 4.15. The number of nitrogens with zero attached hydrogens (tertiary/aromatic N) is 2. The Hall–Kier alpha value is -2.19. The van der Waals surface area contributed by atoms with Crippen LogP contribution in [0.3, 0.4) is 0 Å². The van der Waals surface area contributed by atoms with Crippen LogP contribution in [0, 0.1) is 6.92 Å². The SMILES string of the molecule is Cc1nc(C(C)(C)O)sc1C=NC(=O)Cc1c(C(C)C)cc(OC(F)F)cc1C(C)C. The van der Waals surface area contributed by atoms with Crippen LogP contribution < -0.4 is 4.74 Å². The number of rotatable bonds is 8. The Bertz CT molecular complexity index is 931. The third kappa shape index (κ3) is 6.64. The minimum atomic E-state index is -2.91. The Kier molecular flexibility index (Phi) is 8.05. The number of aliphatic hydroxyl groups is 1. The highest BCUT2D eigenvalue weighted by atomic mass is 32.1. The van der Waals surface area contributed by atoms with Gasteiger partial charge in [-0.3, -0.25) is 4.79 Å². The topological polar surface area (TPSA) is 71.8 Å². The van der Waals surface area contributed by atoms with Gasteiger partial charge in [-0.1, -0.05) is 27.7 Å². The van der Waals surface area contributed by atoms with Crippen molar-refractivity contribution in [2.45, 2.75) is 78.9 Å². The van der Waals surface area contributed by atoms with Crippen LogP contribution in [0.25, 0.3) is 0 Å². The van der Waals surface area contributed by atoms with Crippen molar-refractivity contribution in [3.63, 3.8) is 0 Å². The molecule has 1 aromatic carbocycles. The zero-order valence-electron chi connectivity index (χ0n) is 19.0. The fraction of sp³-hybridized carbons (Fsp3) is 0.522. The first-order valence-electron chi connectivity index (χ1n) is 10.2. The number of hydrogen-bond acceptors (Lipinski definition) is 5. The molecular formula is C23H30F2N2O3S. The minimum absolute atomic E-state index is 0.0172. The van der Waals surface area contributed by atoms with Crippen molar-refractivity contribution < 1.29 is 23.4 Å². The van der Waals surface area contributed by atoms with Gasteiger partial charge in [0.05, 0.1) is 17.0 Å². The number of alkyl halides is 2. The number of hydrogen-bond donors (Lipinski definition) is 1. The molecule has 0 spiro atoms. The van der Waals surface area contributed by atoms with E-state index < -0.39 is 12.2 Å². The third-order valence-corrected chi connectivity index (χ3v) is 6.18. The van der Waals surface area contributed by atoms with Gasteiger partial charge < -0.3 is 9.84 Å². The lowest BCUT2D eigenvalue weighted by atomic mass is 9.86. The first-order valence-corrected chi connectivity index (χ1v) is 11.0. The third-order valence-electron chi connectivity index (χ3n) is 4.77. The molecule has 0 saturated heterocycles. The van der Waals surface area contributed by atoms with E-state index in [-0.39, 0.29) is 29.9 Å². The molecule has 1 amide bonds. The number of aliphatic imine (C=N–C) groups is 1. The maximum absolute atomic E-state index is 12.8. The Morgan fingerprint density at radius 2 is 1.77 bits per heavy atom. The molecule has 1 N–H and O–H groups in total. The van der Waals surface area contributed by atoms with E-state index in [0.29, 0.717) is 15.6 Å². The van der Waals surface area contributed by atoms with Crippen molar-refractivity contribution in [2.24, 2.45) is 4.99 Å². The second-order valence-corrected chi connectivity index (χ2v) is 9.66. The van der Waals surface area contributed by atoms with Crippen LogP contribution in [0.4, 0.5) is 8.78 Å². The number of ether oxygens (including phenoxy) is 1. The molecule has 0 unspecified atom stereocenters. The van der Waals surface area contributed by atoms with Crippen molar-refractivity contribution in [3.8, 4) is 5.75 Å². The molecule has 0 aliphatic carbocycles. The molecule has 8 heteroatoms. The summed E-state index contributed by atoms with van der Waals surface area (Å²) in [7, 11) is 0. The molecule has 2 rings (SSSR count). The summed E-state index contributed by atoms with van der Waals surface area (Å²) in [6, 6.07) is 3.16. The maximum Gasteiger partial charge on any atom is 0.387 e. The van der Waals surface area contributed by atoms with Crippen LogP contribution in [-0.2, 0) is 16.8 Å². The van der Waals surface area contributed by atoms with Crippen molar-refractivity contribution in [3.05, 3.63) is 44.4 Å². The Labute approximate surface area is 186 Å². The summed E-state index contributed by atoms with van der Waals surface area (Å²) in [5, 5.41) is 10.7. The Morgan fingerprint density at radius 3 is 2.19 bits per heavy atom. The van der Waals surface area contributed by atoms with Gasteiger partial charge in [0.1, 0.15) is 16.4 Å². The fourth-order valence-electron chi connectivity index (χ4n) is 3.21. The number of aryl methyl sites for hydroxylation is 1. The van der Waals surface area contributed by atoms with Crippen molar-refractivity contribution in [1.82, 2.24) is 4.98 Å². The van der Waals surface area contributed by atoms with E-state index >= 15 is 0 Å².